The molecule has 3 N–H and O–H groups in total. The number of halogens is 2. The highest BCUT2D eigenvalue weighted by Gasteiger charge is 2.57. The van der Waals surface area contributed by atoms with Crippen LogP contribution in [0.25, 0.3) is 0 Å². The third-order valence-electron chi connectivity index (χ3n) is 8.86. The van der Waals surface area contributed by atoms with Gasteiger partial charge in [-0.15, -0.1) is 0 Å². The first-order valence-electron chi connectivity index (χ1n) is 12.9. The number of Topliss-reactive ketones (excluding diaryl/α,β-unsaturated/α-hetero) is 1. The minimum atomic E-state index is -0.865. The van der Waals surface area contributed by atoms with Crippen LogP contribution >= 0.6 is 0 Å². The first-order valence-corrected chi connectivity index (χ1v) is 12.9. The number of primary amides is 1. The van der Waals surface area contributed by atoms with Crippen LogP contribution in [0.5, 0.6) is 0 Å². The Kier molecular flexibility index (Phi) is 6.25. The molecule has 4 aliphatic carbocycles. The van der Waals surface area contributed by atoms with Crippen LogP contribution in [-0.2, 0) is 11.3 Å². The molecule has 2 amide bonds. The standard InChI is InChI=1S/C28H33F2N3O4/c1-14-8-20(4-5-21(14)30)33(24-18-9-17-10-19(24)13-28(37,11-17)12-18)27(36)25(34)23-15(2)22(26(31)35)16(3)32(23)7-6-29/h4-5,8,17-19,24,37H,6-7,9-13H2,1-3H3,(H2,31,35). The minimum absolute atomic E-state index is 0.000000289. The highest BCUT2D eigenvalue weighted by atomic mass is 19.1. The number of rotatable bonds is 7. The van der Waals surface area contributed by atoms with Crippen molar-refractivity contribution in [2.24, 2.45) is 23.5 Å². The molecule has 1 aromatic heterocycles. The van der Waals surface area contributed by atoms with Gasteiger partial charge in [0.25, 0.3) is 11.7 Å². The summed E-state index contributed by atoms with van der Waals surface area (Å²) in [5, 5.41) is 11.1. The fourth-order valence-corrected chi connectivity index (χ4v) is 7.71. The number of anilines is 1. The number of alkyl halides is 1. The van der Waals surface area contributed by atoms with Crippen molar-refractivity contribution < 1.29 is 28.3 Å². The Morgan fingerprint density at radius 1 is 1.14 bits per heavy atom. The largest absolute Gasteiger partial charge is 0.390 e. The van der Waals surface area contributed by atoms with Gasteiger partial charge in [-0.25, -0.2) is 8.78 Å². The zero-order chi connectivity index (χ0) is 26.8. The van der Waals surface area contributed by atoms with Crippen molar-refractivity contribution in [2.45, 2.75) is 71.1 Å². The summed E-state index contributed by atoms with van der Waals surface area (Å²) in [6, 6.07) is 4.01. The number of hydrogen-bond acceptors (Lipinski definition) is 4. The molecule has 2 unspecified atom stereocenters. The predicted octanol–water partition coefficient (Wildman–Crippen LogP) is 3.78. The molecule has 2 atom stereocenters. The van der Waals surface area contributed by atoms with Crippen LogP contribution in [-0.4, -0.2) is 45.6 Å². The van der Waals surface area contributed by atoms with Crippen LogP contribution < -0.4 is 10.6 Å². The summed E-state index contributed by atoms with van der Waals surface area (Å²) in [7, 11) is 0. The van der Waals surface area contributed by atoms with Gasteiger partial charge in [-0.2, -0.15) is 0 Å². The van der Waals surface area contributed by atoms with Gasteiger partial charge >= 0.3 is 5.91 Å². The number of hydrogen-bond donors (Lipinski definition) is 2. The van der Waals surface area contributed by atoms with Crippen LogP contribution in [0.15, 0.2) is 18.2 Å². The van der Waals surface area contributed by atoms with Crippen molar-refractivity contribution >= 4 is 23.3 Å². The summed E-state index contributed by atoms with van der Waals surface area (Å²) >= 11 is 0. The monoisotopic (exact) mass is 513 g/mol. The molecule has 4 aliphatic rings. The number of nitrogens with zero attached hydrogens (tertiary/aromatic N) is 2. The number of aromatic nitrogens is 1. The SMILES string of the molecule is Cc1cc(N(C(=O)C(=O)c2c(C)c(C(N)=O)c(C)n2CCF)C2C3CC4CC2CC(O)(C4)C3)ccc1F. The topological polar surface area (TPSA) is 106 Å². The fourth-order valence-electron chi connectivity index (χ4n) is 7.71. The van der Waals surface area contributed by atoms with E-state index < -0.39 is 35.7 Å². The first-order chi connectivity index (χ1) is 17.5. The van der Waals surface area contributed by atoms with Crippen molar-refractivity contribution in [3.8, 4) is 0 Å². The highest BCUT2D eigenvalue weighted by molar-refractivity contribution is 6.47. The van der Waals surface area contributed by atoms with Gasteiger partial charge in [-0.3, -0.25) is 14.4 Å². The molecule has 9 heteroatoms. The van der Waals surface area contributed by atoms with Gasteiger partial charge in [0.1, 0.15) is 12.5 Å². The number of benzene rings is 1. The molecule has 4 bridgehead atoms. The zero-order valence-corrected chi connectivity index (χ0v) is 21.4. The quantitative estimate of drug-likeness (QED) is 0.434. The Hall–Kier alpha value is -3.07. The Labute approximate surface area is 214 Å². The molecule has 4 saturated carbocycles. The smallest absolute Gasteiger partial charge is 0.301 e. The van der Waals surface area contributed by atoms with Crippen LogP contribution in [0.3, 0.4) is 0 Å². The summed E-state index contributed by atoms with van der Waals surface area (Å²) in [5.41, 5.74) is 6.18. The Bertz CT molecular complexity index is 1290. The maximum atomic E-state index is 14.2. The Balaban J connectivity index is 1.61. The maximum Gasteiger partial charge on any atom is 0.301 e. The van der Waals surface area contributed by atoms with Crippen LogP contribution in [0.1, 0.15) is 69.8 Å². The number of amides is 2. The van der Waals surface area contributed by atoms with E-state index in [0.29, 0.717) is 35.7 Å². The van der Waals surface area contributed by atoms with Gasteiger partial charge in [0.15, 0.2) is 0 Å². The average Bonchev–Trinajstić information content (AvgIpc) is 3.06. The second-order valence-electron chi connectivity index (χ2n) is 11.3. The van der Waals surface area contributed by atoms with Crippen molar-refractivity contribution in [1.82, 2.24) is 4.57 Å². The number of nitrogens with two attached hydrogens (primary N) is 1. The van der Waals surface area contributed by atoms with Crippen molar-refractivity contribution in [3.63, 3.8) is 0 Å². The van der Waals surface area contributed by atoms with Gasteiger partial charge in [-0.1, -0.05) is 0 Å². The van der Waals surface area contributed by atoms with E-state index in [1.54, 1.807) is 19.9 Å². The lowest BCUT2D eigenvalue weighted by Gasteiger charge is -2.60. The molecule has 4 fully saturated rings. The van der Waals surface area contributed by atoms with E-state index >= 15 is 0 Å². The highest BCUT2D eigenvalue weighted by Crippen LogP contribution is 2.57. The molecule has 0 radical (unpaired) electrons. The summed E-state index contributed by atoms with van der Waals surface area (Å²) in [5.74, 6) is -2.47. The summed E-state index contributed by atoms with van der Waals surface area (Å²) in [6.07, 6.45) is 3.56. The van der Waals surface area contributed by atoms with Gasteiger partial charge in [0, 0.05) is 17.4 Å². The normalized spacial score (nSPS) is 27.9. The van der Waals surface area contributed by atoms with Crippen LogP contribution in [0.2, 0.25) is 0 Å². The van der Waals surface area contributed by atoms with E-state index in [0.717, 1.165) is 19.3 Å². The molecule has 37 heavy (non-hydrogen) atoms. The van der Waals surface area contributed by atoms with Gasteiger partial charge in [0.05, 0.1) is 23.4 Å². The number of carbonyl (C=O) groups excluding carboxylic acids is 3. The lowest BCUT2D eigenvalue weighted by Crippen LogP contribution is -2.63. The molecule has 1 heterocycles. The molecular weight excluding hydrogens is 480 g/mol. The number of aliphatic hydroxyl groups is 1. The van der Waals surface area contributed by atoms with E-state index in [2.05, 4.69) is 0 Å². The van der Waals surface area contributed by atoms with E-state index in [1.165, 1.54) is 28.5 Å². The second-order valence-corrected chi connectivity index (χ2v) is 11.3. The molecule has 0 saturated heterocycles. The lowest BCUT2D eigenvalue weighted by atomic mass is 9.52. The number of carbonyl (C=O) groups is 3. The first kappa shape index (κ1) is 25.6. The van der Waals surface area contributed by atoms with Crippen molar-refractivity contribution in [2.75, 3.05) is 11.6 Å². The number of aryl methyl sites for hydroxylation is 1. The minimum Gasteiger partial charge on any atom is -0.390 e. The lowest BCUT2D eigenvalue weighted by molar-refractivity contribution is -0.139. The summed E-state index contributed by atoms with van der Waals surface area (Å²) in [6.45, 7) is 3.71. The van der Waals surface area contributed by atoms with Crippen LogP contribution in [0.4, 0.5) is 14.5 Å². The maximum absolute atomic E-state index is 14.2. The summed E-state index contributed by atoms with van der Waals surface area (Å²) < 4.78 is 29.0. The van der Waals surface area contributed by atoms with E-state index in [-0.39, 0.29) is 41.2 Å². The second kappa shape index (κ2) is 9.04. The molecule has 6 rings (SSSR count). The van der Waals surface area contributed by atoms with E-state index in [9.17, 15) is 28.3 Å². The molecule has 7 nitrogen and oxygen atoms in total. The number of ketones is 1. The zero-order valence-electron chi connectivity index (χ0n) is 21.4. The molecule has 0 aliphatic heterocycles. The average molecular weight is 514 g/mol. The van der Waals surface area contributed by atoms with Gasteiger partial charge < -0.3 is 20.3 Å². The van der Waals surface area contributed by atoms with Gasteiger partial charge in [-0.05, 0) is 100.0 Å². The molecular formula is C28H33F2N3O4. The van der Waals surface area contributed by atoms with E-state index in [4.69, 9.17) is 5.73 Å². The van der Waals surface area contributed by atoms with Crippen molar-refractivity contribution in [3.05, 3.63) is 52.1 Å². The van der Waals surface area contributed by atoms with Crippen molar-refractivity contribution in [1.29, 1.82) is 0 Å². The van der Waals surface area contributed by atoms with Gasteiger partial charge in [0.2, 0.25) is 0 Å². The van der Waals surface area contributed by atoms with E-state index in [1.807, 2.05) is 0 Å². The Morgan fingerprint density at radius 2 is 1.78 bits per heavy atom. The molecule has 198 valence electrons. The third-order valence-corrected chi connectivity index (χ3v) is 8.86. The Morgan fingerprint density at radius 3 is 2.32 bits per heavy atom. The molecule has 2 aromatic rings. The third kappa shape index (κ3) is 4.07. The van der Waals surface area contributed by atoms with Crippen LogP contribution in [0, 0.1) is 44.3 Å². The molecule has 0 spiro atoms. The fraction of sp³-hybridized carbons (Fsp3) is 0.536. The predicted molar refractivity (Wildman–Crippen MR) is 134 cm³/mol. The summed E-state index contributed by atoms with van der Waals surface area (Å²) in [4.78, 5) is 41.7. The molecule has 1 aromatic carbocycles.